The lowest BCUT2D eigenvalue weighted by Gasteiger charge is -2.31. The molecule has 1 aliphatic carbocycles. The van der Waals surface area contributed by atoms with Gasteiger partial charge in [0.1, 0.15) is 17.7 Å². The summed E-state index contributed by atoms with van der Waals surface area (Å²) in [6.45, 7) is 8.15. The van der Waals surface area contributed by atoms with Crippen molar-refractivity contribution in [1.82, 2.24) is 9.47 Å². The molecule has 1 saturated carbocycles. The van der Waals surface area contributed by atoms with Crippen LogP contribution in [0.5, 0.6) is 0 Å². The lowest BCUT2D eigenvalue weighted by atomic mass is 9.85. The summed E-state index contributed by atoms with van der Waals surface area (Å²) in [5.74, 6) is -8.66. The third kappa shape index (κ3) is 8.93. The van der Waals surface area contributed by atoms with E-state index >= 15 is 8.78 Å². The normalized spacial score (nSPS) is 16.5. The Morgan fingerprint density at radius 2 is 1.63 bits per heavy atom. The predicted octanol–water partition coefficient (Wildman–Crippen LogP) is 9.02. The fraction of sp³-hybridized carbons (Fsp3) is 0.487. The number of benzene rings is 2. The summed E-state index contributed by atoms with van der Waals surface area (Å²) in [6.07, 6.45) is -7.60. The fourth-order valence-corrected chi connectivity index (χ4v) is 7.11. The molecule has 54 heavy (non-hydrogen) atoms. The maximum absolute atomic E-state index is 16.6. The van der Waals surface area contributed by atoms with Crippen LogP contribution >= 0.6 is 0 Å². The number of amides is 1. The van der Waals surface area contributed by atoms with Gasteiger partial charge in [-0.2, -0.15) is 26.3 Å². The molecule has 0 radical (unpaired) electrons. The van der Waals surface area contributed by atoms with Gasteiger partial charge in [0.2, 0.25) is 0 Å². The minimum absolute atomic E-state index is 0.0920. The van der Waals surface area contributed by atoms with Crippen LogP contribution in [0.25, 0.3) is 11.1 Å². The van der Waals surface area contributed by atoms with E-state index in [4.69, 9.17) is 0 Å². The van der Waals surface area contributed by atoms with Gasteiger partial charge in [-0.15, -0.1) is 0 Å². The molecule has 1 N–H and O–H groups in total. The quantitative estimate of drug-likeness (QED) is 0.139. The van der Waals surface area contributed by atoms with Gasteiger partial charge in [-0.3, -0.25) is 14.4 Å². The first kappa shape index (κ1) is 40.8. The monoisotopic (exact) mass is 767 g/mol. The molecule has 5 rings (SSSR count). The number of rotatable bonds is 13. The van der Waals surface area contributed by atoms with Crippen molar-refractivity contribution in [3.63, 3.8) is 0 Å². The standard InChI is InChI=1S/C39H41F8N3O4/c1-20(2)14-30(50-19-24(10-13-49-11-5-12-49)28(17-31(50)51)38(42,43)44)37(54)48-18-25(15-32(52)53)34-35(40)27(16-29(36(34)41)39(45,46)47)33-21(3)6-9-26(22(33)4)23-7-8-23/h6,9,16-20,23,25,30H,5,7-8,10-15H2,1-4H3,(H,52,53). The number of likely N-dealkylation sites (tertiary alicyclic amines) is 1. The number of carboxylic acids is 1. The Bertz CT molecular complexity index is 2010. The third-order valence-electron chi connectivity index (χ3n) is 10.1. The number of pyridine rings is 1. The van der Waals surface area contributed by atoms with Crippen LogP contribution < -0.4 is 5.56 Å². The SMILES string of the molecule is Cc1ccc(C2CC2)c(C)c1-c1cc(C(F)(F)F)c(F)c(C(C=NC(=O)C(CC(C)C)n2cc(CCN3CCC3)c(C(F)(F)F)cc2=O)CC(=O)O)c1F. The molecule has 0 spiro atoms. The van der Waals surface area contributed by atoms with Crippen LogP contribution in [0.15, 0.2) is 40.2 Å². The highest BCUT2D eigenvalue weighted by molar-refractivity contribution is 5.91. The summed E-state index contributed by atoms with van der Waals surface area (Å²) < 4.78 is 118. The van der Waals surface area contributed by atoms with E-state index in [1.54, 1.807) is 39.8 Å². The highest BCUT2D eigenvalue weighted by atomic mass is 19.4. The molecule has 3 aromatic rings. The highest BCUT2D eigenvalue weighted by Gasteiger charge is 2.40. The van der Waals surface area contributed by atoms with E-state index in [1.165, 1.54) is 0 Å². The van der Waals surface area contributed by atoms with Crippen LogP contribution in [0.2, 0.25) is 0 Å². The number of aromatic nitrogens is 1. The van der Waals surface area contributed by atoms with Crippen molar-refractivity contribution in [1.29, 1.82) is 0 Å². The van der Waals surface area contributed by atoms with E-state index in [0.717, 1.165) is 35.6 Å². The summed E-state index contributed by atoms with van der Waals surface area (Å²) in [5.41, 5.74) is -4.54. The topological polar surface area (TPSA) is 92.0 Å². The number of aliphatic carboxylic acids is 1. The van der Waals surface area contributed by atoms with E-state index in [0.29, 0.717) is 42.6 Å². The molecule has 15 heteroatoms. The molecule has 2 aromatic carbocycles. The number of aliphatic imine (C=N–C) groups is 1. The summed E-state index contributed by atoms with van der Waals surface area (Å²) in [4.78, 5) is 44.6. The number of halogens is 8. The zero-order chi connectivity index (χ0) is 39.9. The Labute approximate surface area is 306 Å². The number of hydrogen-bond donors (Lipinski definition) is 1. The molecule has 1 saturated heterocycles. The second-order valence-electron chi connectivity index (χ2n) is 14.6. The number of carbonyl (C=O) groups excluding carboxylic acids is 1. The Hall–Kier alpha value is -4.40. The maximum Gasteiger partial charge on any atom is 0.419 e. The molecule has 1 aliphatic heterocycles. The summed E-state index contributed by atoms with van der Waals surface area (Å²) >= 11 is 0. The van der Waals surface area contributed by atoms with Gasteiger partial charge in [0.15, 0.2) is 0 Å². The molecule has 2 aliphatic rings. The maximum atomic E-state index is 16.6. The second-order valence-corrected chi connectivity index (χ2v) is 14.6. The van der Waals surface area contributed by atoms with Gasteiger partial charge in [-0.1, -0.05) is 26.0 Å². The van der Waals surface area contributed by atoms with Crippen LogP contribution in [-0.4, -0.2) is 52.3 Å². The molecule has 1 aromatic heterocycles. The van der Waals surface area contributed by atoms with Crippen molar-refractivity contribution >= 4 is 18.1 Å². The lowest BCUT2D eigenvalue weighted by Crippen LogP contribution is -2.39. The molecule has 2 unspecified atom stereocenters. The van der Waals surface area contributed by atoms with Crippen molar-refractivity contribution in [3.8, 4) is 11.1 Å². The zero-order valence-electron chi connectivity index (χ0n) is 30.2. The Balaban J connectivity index is 1.62. The average molecular weight is 768 g/mol. The Kier molecular flexibility index (Phi) is 11.9. The molecular formula is C39H41F8N3O4. The van der Waals surface area contributed by atoms with Gasteiger partial charge >= 0.3 is 18.3 Å². The number of carbonyl (C=O) groups is 2. The first-order chi connectivity index (χ1) is 25.2. The van der Waals surface area contributed by atoms with Crippen molar-refractivity contribution in [2.75, 3.05) is 19.6 Å². The van der Waals surface area contributed by atoms with E-state index in [1.807, 2.05) is 4.90 Å². The fourth-order valence-electron chi connectivity index (χ4n) is 7.11. The van der Waals surface area contributed by atoms with Crippen molar-refractivity contribution < 1.29 is 49.8 Å². The summed E-state index contributed by atoms with van der Waals surface area (Å²) in [6, 6.07) is 2.63. The Morgan fingerprint density at radius 1 is 0.981 bits per heavy atom. The van der Waals surface area contributed by atoms with E-state index in [9.17, 15) is 45.8 Å². The van der Waals surface area contributed by atoms with Gasteiger partial charge < -0.3 is 14.6 Å². The van der Waals surface area contributed by atoms with Crippen molar-refractivity contribution in [2.24, 2.45) is 10.9 Å². The molecule has 2 atom stereocenters. The number of aryl methyl sites for hydroxylation is 1. The average Bonchev–Trinajstić information content (AvgIpc) is 3.87. The van der Waals surface area contributed by atoms with E-state index in [-0.39, 0.29) is 42.3 Å². The lowest BCUT2D eigenvalue weighted by molar-refractivity contribution is -0.140. The van der Waals surface area contributed by atoms with Gasteiger partial charge in [-0.05, 0) is 105 Å². The molecule has 2 heterocycles. The minimum Gasteiger partial charge on any atom is -0.481 e. The van der Waals surface area contributed by atoms with Crippen molar-refractivity contribution in [2.45, 2.75) is 96.5 Å². The predicted molar refractivity (Wildman–Crippen MR) is 186 cm³/mol. The first-order valence-electron chi connectivity index (χ1n) is 17.7. The Morgan fingerprint density at radius 3 is 2.17 bits per heavy atom. The molecule has 1 amide bonds. The molecular weight excluding hydrogens is 726 g/mol. The second kappa shape index (κ2) is 15.8. The first-order valence-corrected chi connectivity index (χ1v) is 17.7. The number of carboxylic acid groups (broad SMARTS) is 1. The van der Waals surface area contributed by atoms with Gasteiger partial charge in [0.25, 0.3) is 11.5 Å². The van der Waals surface area contributed by atoms with Gasteiger partial charge in [-0.25, -0.2) is 13.8 Å². The molecule has 292 valence electrons. The van der Waals surface area contributed by atoms with E-state index < -0.39 is 82.1 Å². The minimum atomic E-state index is -5.34. The van der Waals surface area contributed by atoms with Crippen LogP contribution in [0.3, 0.4) is 0 Å². The van der Waals surface area contributed by atoms with Crippen LogP contribution in [0.1, 0.15) is 103 Å². The molecule has 7 nitrogen and oxygen atoms in total. The molecule has 2 fully saturated rings. The summed E-state index contributed by atoms with van der Waals surface area (Å²) in [5, 5.41) is 9.72. The highest BCUT2D eigenvalue weighted by Crippen LogP contribution is 2.47. The largest absolute Gasteiger partial charge is 0.481 e. The number of nitrogens with zero attached hydrogens (tertiary/aromatic N) is 3. The van der Waals surface area contributed by atoms with Gasteiger partial charge in [0.05, 0.1) is 17.5 Å². The van der Waals surface area contributed by atoms with Crippen LogP contribution in [0, 0.1) is 31.4 Å². The zero-order valence-corrected chi connectivity index (χ0v) is 30.2. The van der Waals surface area contributed by atoms with Gasteiger partial charge in [0, 0.05) is 42.1 Å². The molecule has 0 bridgehead atoms. The third-order valence-corrected chi connectivity index (χ3v) is 10.1. The summed E-state index contributed by atoms with van der Waals surface area (Å²) in [7, 11) is 0. The number of hydrogen-bond acceptors (Lipinski definition) is 4. The van der Waals surface area contributed by atoms with E-state index in [2.05, 4.69) is 4.99 Å². The smallest absolute Gasteiger partial charge is 0.419 e. The van der Waals surface area contributed by atoms with Crippen molar-refractivity contribution in [3.05, 3.63) is 91.4 Å². The van der Waals surface area contributed by atoms with Crippen LogP contribution in [-0.2, 0) is 28.4 Å². The number of alkyl halides is 6. The van der Waals surface area contributed by atoms with Crippen LogP contribution in [0.4, 0.5) is 35.1 Å².